The van der Waals surface area contributed by atoms with Gasteiger partial charge in [-0.05, 0) is 37.7 Å². The minimum absolute atomic E-state index is 0.141. The van der Waals surface area contributed by atoms with Crippen molar-refractivity contribution in [3.05, 3.63) is 41.0 Å². The fraction of sp³-hybridized carbons (Fsp3) is 0.619. The molecule has 0 N–H and O–H groups in total. The van der Waals surface area contributed by atoms with Gasteiger partial charge in [0.05, 0.1) is 6.61 Å². The highest BCUT2D eigenvalue weighted by Crippen LogP contribution is 2.39. The smallest absolute Gasteiger partial charge is 0.367 e. The minimum atomic E-state index is -4.51. The fourth-order valence-electron chi connectivity index (χ4n) is 3.59. The Morgan fingerprint density at radius 1 is 1.11 bits per heavy atom. The van der Waals surface area contributed by atoms with Crippen LogP contribution in [0.15, 0.2) is 24.0 Å². The van der Waals surface area contributed by atoms with Gasteiger partial charge in [-0.1, -0.05) is 38.3 Å². The van der Waals surface area contributed by atoms with E-state index >= 15 is 0 Å². The van der Waals surface area contributed by atoms with E-state index in [4.69, 9.17) is 0 Å². The van der Waals surface area contributed by atoms with Crippen molar-refractivity contribution < 1.29 is 31.1 Å². The number of unbranched alkanes of at least 4 members (excludes halogenated alkanes) is 1. The van der Waals surface area contributed by atoms with Gasteiger partial charge in [0.1, 0.15) is 18.3 Å². The highest BCUT2D eigenvalue weighted by atomic mass is 19.4. The molecule has 0 atom stereocenters. The molecule has 0 heterocycles. The number of hydrogen-bond donors (Lipinski definition) is 0. The molecule has 1 aromatic rings. The van der Waals surface area contributed by atoms with Gasteiger partial charge in [0.25, 0.3) is 0 Å². The summed E-state index contributed by atoms with van der Waals surface area (Å²) in [5.74, 6) is -2.84. The lowest BCUT2D eigenvalue weighted by Crippen LogP contribution is -2.17. The number of benzene rings is 1. The fourth-order valence-corrected chi connectivity index (χ4v) is 3.59. The summed E-state index contributed by atoms with van der Waals surface area (Å²) in [6.45, 7) is 0.0233. The Kier molecular flexibility index (Phi) is 8.40. The summed E-state index contributed by atoms with van der Waals surface area (Å²) in [4.78, 5) is 0. The van der Waals surface area contributed by atoms with Crippen LogP contribution in [0.25, 0.3) is 5.83 Å². The van der Waals surface area contributed by atoms with Crippen LogP contribution in [0.5, 0.6) is 0 Å². The van der Waals surface area contributed by atoms with Gasteiger partial charge in [-0.15, -0.1) is 0 Å². The van der Waals surface area contributed by atoms with E-state index in [-0.39, 0.29) is 11.1 Å². The number of ether oxygens (including phenoxy) is 1. The molecule has 0 saturated heterocycles. The molecule has 0 radical (unpaired) electrons. The van der Waals surface area contributed by atoms with Gasteiger partial charge < -0.3 is 4.74 Å². The third-order valence-corrected chi connectivity index (χ3v) is 5.21. The van der Waals surface area contributed by atoms with E-state index < -0.39 is 42.8 Å². The average molecular weight is 408 g/mol. The molecule has 1 fully saturated rings. The van der Waals surface area contributed by atoms with E-state index in [1.165, 1.54) is 0 Å². The molecule has 2 rings (SSSR count). The molecular formula is C21H26F6O. The third-order valence-electron chi connectivity index (χ3n) is 5.21. The first kappa shape index (κ1) is 22.8. The molecule has 1 saturated carbocycles. The van der Waals surface area contributed by atoms with E-state index in [2.05, 4.69) is 11.7 Å². The lowest BCUT2D eigenvalue weighted by Gasteiger charge is -2.27. The molecule has 0 bridgehead atoms. The van der Waals surface area contributed by atoms with Crippen molar-refractivity contribution in [3.8, 4) is 0 Å². The zero-order valence-corrected chi connectivity index (χ0v) is 15.9. The first-order valence-corrected chi connectivity index (χ1v) is 9.69. The second kappa shape index (κ2) is 10.3. The van der Waals surface area contributed by atoms with Gasteiger partial charge in [0.15, 0.2) is 5.83 Å². The van der Waals surface area contributed by atoms with Gasteiger partial charge in [-0.2, -0.15) is 13.2 Å². The topological polar surface area (TPSA) is 9.23 Å². The van der Waals surface area contributed by atoms with E-state index in [0.717, 1.165) is 50.3 Å². The molecule has 0 aromatic heterocycles. The van der Waals surface area contributed by atoms with E-state index in [9.17, 15) is 26.3 Å². The molecule has 1 nitrogen and oxygen atoms in total. The predicted molar refractivity (Wildman–Crippen MR) is 96.2 cm³/mol. The van der Waals surface area contributed by atoms with Crippen LogP contribution < -0.4 is 0 Å². The minimum Gasteiger partial charge on any atom is -0.367 e. The summed E-state index contributed by atoms with van der Waals surface area (Å²) in [6.07, 6.45) is 1.71. The summed E-state index contributed by atoms with van der Waals surface area (Å²) in [6, 6.07) is 3.08. The molecule has 1 aromatic carbocycles. The quantitative estimate of drug-likeness (QED) is 0.405. The maximum Gasteiger partial charge on any atom is 0.411 e. The van der Waals surface area contributed by atoms with Crippen LogP contribution in [0.4, 0.5) is 26.3 Å². The van der Waals surface area contributed by atoms with Crippen LogP contribution in [-0.4, -0.2) is 12.8 Å². The van der Waals surface area contributed by atoms with E-state index in [1.54, 1.807) is 0 Å². The SMILES string of the molecule is CCCCC1CCC(/C(F)=C(\F)c2ccc(COCC(F)(F)F)c(F)c2)CC1. The predicted octanol–water partition coefficient (Wildman–Crippen LogP) is 7.51. The van der Waals surface area contributed by atoms with Crippen LogP contribution in [0.3, 0.4) is 0 Å². The molecule has 1 aliphatic rings. The number of halogens is 6. The van der Waals surface area contributed by atoms with Gasteiger partial charge in [0.2, 0.25) is 0 Å². The maximum atomic E-state index is 14.5. The molecule has 0 amide bonds. The molecule has 28 heavy (non-hydrogen) atoms. The number of alkyl halides is 3. The van der Waals surface area contributed by atoms with Crippen LogP contribution in [0.2, 0.25) is 0 Å². The Morgan fingerprint density at radius 2 is 1.79 bits per heavy atom. The normalized spacial score (nSPS) is 21.5. The Morgan fingerprint density at radius 3 is 2.36 bits per heavy atom. The number of hydrogen-bond acceptors (Lipinski definition) is 1. The summed E-state index contributed by atoms with van der Waals surface area (Å²) in [7, 11) is 0. The molecule has 158 valence electrons. The highest BCUT2D eigenvalue weighted by Gasteiger charge is 2.28. The van der Waals surface area contributed by atoms with Gasteiger partial charge in [0, 0.05) is 17.0 Å². The van der Waals surface area contributed by atoms with Crippen LogP contribution in [0, 0.1) is 17.7 Å². The Labute approximate surface area is 161 Å². The lowest BCUT2D eigenvalue weighted by molar-refractivity contribution is -0.176. The summed E-state index contributed by atoms with van der Waals surface area (Å²) >= 11 is 0. The summed E-state index contributed by atoms with van der Waals surface area (Å²) < 4.78 is 83.7. The second-order valence-electron chi connectivity index (χ2n) is 7.44. The van der Waals surface area contributed by atoms with Crippen LogP contribution >= 0.6 is 0 Å². The van der Waals surface area contributed by atoms with E-state index in [1.807, 2.05) is 0 Å². The monoisotopic (exact) mass is 408 g/mol. The van der Waals surface area contributed by atoms with Crippen molar-refractivity contribution in [1.29, 1.82) is 0 Å². The highest BCUT2D eigenvalue weighted by molar-refractivity contribution is 5.61. The second-order valence-corrected chi connectivity index (χ2v) is 7.44. The molecule has 7 heteroatoms. The van der Waals surface area contributed by atoms with Crippen molar-refractivity contribution in [2.45, 2.75) is 64.7 Å². The number of allylic oxidation sites excluding steroid dienone is 1. The van der Waals surface area contributed by atoms with Crippen LogP contribution in [-0.2, 0) is 11.3 Å². The van der Waals surface area contributed by atoms with Crippen molar-refractivity contribution >= 4 is 5.83 Å². The Balaban J connectivity index is 1.98. The molecule has 0 spiro atoms. The number of rotatable bonds is 8. The first-order valence-electron chi connectivity index (χ1n) is 9.69. The van der Waals surface area contributed by atoms with E-state index in [0.29, 0.717) is 18.8 Å². The lowest BCUT2D eigenvalue weighted by atomic mass is 9.79. The average Bonchev–Trinajstić information content (AvgIpc) is 2.66. The van der Waals surface area contributed by atoms with Crippen LogP contribution in [0.1, 0.15) is 63.0 Å². The zero-order chi connectivity index (χ0) is 20.7. The molecule has 0 aliphatic heterocycles. The third kappa shape index (κ3) is 6.83. The Bertz CT molecular complexity index is 659. The molecular weight excluding hydrogens is 382 g/mol. The van der Waals surface area contributed by atoms with Gasteiger partial charge in [-0.25, -0.2) is 13.2 Å². The largest absolute Gasteiger partial charge is 0.411 e. The summed E-state index contributed by atoms with van der Waals surface area (Å²) in [5, 5.41) is 0. The summed E-state index contributed by atoms with van der Waals surface area (Å²) in [5.41, 5.74) is -0.389. The maximum absolute atomic E-state index is 14.5. The Hall–Kier alpha value is -1.50. The van der Waals surface area contributed by atoms with Crippen molar-refractivity contribution in [2.75, 3.05) is 6.61 Å². The van der Waals surface area contributed by atoms with Gasteiger partial charge >= 0.3 is 6.18 Å². The van der Waals surface area contributed by atoms with Crippen molar-refractivity contribution in [1.82, 2.24) is 0 Å². The van der Waals surface area contributed by atoms with Gasteiger partial charge in [-0.3, -0.25) is 0 Å². The standard InChI is InChI=1S/C21H26F6O/c1-2-3-4-14-5-7-15(8-6-14)19(23)20(24)16-9-10-17(18(22)11-16)12-28-13-21(25,26)27/h9-11,14-15H,2-8,12-13H2,1H3/b20-19+. The molecule has 1 aliphatic carbocycles. The first-order chi connectivity index (χ1) is 13.2. The van der Waals surface area contributed by atoms with Crippen molar-refractivity contribution in [3.63, 3.8) is 0 Å². The van der Waals surface area contributed by atoms with Crippen molar-refractivity contribution in [2.24, 2.45) is 11.8 Å². The molecule has 0 unspecified atom stereocenters. The zero-order valence-electron chi connectivity index (χ0n) is 15.9.